The number of fused-ring (bicyclic) bond motifs is 2. The van der Waals surface area contributed by atoms with Crippen molar-refractivity contribution in [3.8, 4) is 0 Å². The van der Waals surface area contributed by atoms with Crippen LogP contribution in [0, 0.1) is 12.8 Å². The summed E-state index contributed by atoms with van der Waals surface area (Å²) in [5, 5.41) is 15.4. The quantitative estimate of drug-likeness (QED) is 0.357. The number of rotatable bonds is 6. The van der Waals surface area contributed by atoms with Gasteiger partial charge in [-0.3, -0.25) is 5.10 Å². The van der Waals surface area contributed by atoms with E-state index in [2.05, 4.69) is 30.7 Å². The van der Waals surface area contributed by atoms with Crippen molar-refractivity contribution in [2.24, 2.45) is 5.92 Å². The number of nitrogens with one attached hydrogen (secondary N) is 3. The minimum absolute atomic E-state index is 0.307. The first-order valence-corrected chi connectivity index (χ1v) is 14.4. The van der Waals surface area contributed by atoms with Crippen molar-refractivity contribution >= 4 is 49.3 Å². The van der Waals surface area contributed by atoms with Gasteiger partial charge in [-0.25, -0.2) is 13.4 Å². The lowest BCUT2D eigenvalue weighted by Gasteiger charge is -2.34. The molecule has 2 aliphatic heterocycles. The van der Waals surface area contributed by atoms with Crippen LogP contribution in [0.15, 0.2) is 34.9 Å². The summed E-state index contributed by atoms with van der Waals surface area (Å²) in [6.45, 7) is 4.71. The zero-order valence-corrected chi connectivity index (χ0v) is 21.1. The second-order valence-electron chi connectivity index (χ2n) is 9.98. The molecule has 6 rings (SSSR count). The van der Waals surface area contributed by atoms with Gasteiger partial charge in [0.05, 0.1) is 23.3 Å². The van der Waals surface area contributed by atoms with Crippen LogP contribution in [-0.4, -0.2) is 65.8 Å². The maximum Gasteiger partial charge on any atom is 0.229 e. The van der Waals surface area contributed by atoms with E-state index in [1.807, 2.05) is 31.2 Å². The van der Waals surface area contributed by atoms with Gasteiger partial charge in [0.25, 0.3) is 0 Å². The number of aromatic amines is 1. The maximum atomic E-state index is 11.7. The Kier molecular flexibility index (Phi) is 6.04. The Balaban J connectivity index is 1.12. The van der Waals surface area contributed by atoms with Gasteiger partial charge in [-0.2, -0.15) is 10.1 Å². The molecule has 0 saturated carbocycles. The highest BCUT2D eigenvalue weighted by atomic mass is 32.2. The van der Waals surface area contributed by atoms with E-state index in [0.29, 0.717) is 35.0 Å². The van der Waals surface area contributed by atoms with Gasteiger partial charge >= 0.3 is 0 Å². The van der Waals surface area contributed by atoms with Crippen LogP contribution in [0.3, 0.4) is 0 Å². The molecule has 10 nitrogen and oxygen atoms in total. The number of nitrogens with zero attached hydrogens (tertiary/aromatic N) is 4. The average molecular weight is 510 g/mol. The van der Waals surface area contributed by atoms with Crippen LogP contribution >= 0.6 is 0 Å². The molecule has 0 unspecified atom stereocenters. The zero-order chi connectivity index (χ0) is 24.7. The molecule has 2 aliphatic rings. The molecule has 1 aromatic carbocycles. The lowest BCUT2D eigenvalue weighted by Crippen LogP contribution is -2.42. The summed E-state index contributed by atoms with van der Waals surface area (Å²) >= 11 is 0. The number of aromatic nitrogens is 4. The lowest BCUT2D eigenvalue weighted by atomic mass is 9.96. The first-order chi connectivity index (χ1) is 17.4. The molecule has 0 spiro atoms. The minimum Gasteiger partial charge on any atom is -0.459 e. The van der Waals surface area contributed by atoms with Crippen LogP contribution in [0.5, 0.6) is 0 Å². The van der Waals surface area contributed by atoms with E-state index in [1.54, 1.807) is 6.26 Å². The fourth-order valence-corrected chi connectivity index (χ4v) is 6.74. The van der Waals surface area contributed by atoms with Crippen molar-refractivity contribution in [3.63, 3.8) is 0 Å². The van der Waals surface area contributed by atoms with Crippen LogP contribution < -0.4 is 15.5 Å². The van der Waals surface area contributed by atoms with E-state index in [4.69, 9.17) is 9.40 Å². The van der Waals surface area contributed by atoms with Crippen LogP contribution in [0.2, 0.25) is 0 Å². The molecule has 0 atom stereocenters. The van der Waals surface area contributed by atoms with Gasteiger partial charge in [0.2, 0.25) is 5.95 Å². The van der Waals surface area contributed by atoms with Crippen LogP contribution in [0.4, 0.5) is 17.5 Å². The van der Waals surface area contributed by atoms with Gasteiger partial charge < -0.3 is 20.0 Å². The molecule has 3 N–H and O–H groups in total. The van der Waals surface area contributed by atoms with Gasteiger partial charge in [-0.05, 0) is 63.3 Å². The summed E-state index contributed by atoms with van der Waals surface area (Å²) in [6, 6.07) is 8.22. The van der Waals surface area contributed by atoms with E-state index in [-0.39, 0.29) is 0 Å². The monoisotopic (exact) mass is 509 g/mol. The molecular weight excluding hydrogens is 478 g/mol. The number of aryl methyl sites for hydroxylation is 1. The topological polar surface area (TPSA) is 129 Å². The first kappa shape index (κ1) is 23.2. The summed E-state index contributed by atoms with van der Waals surface area (Å²) in [7, 11) is -2.82. The number of hydrogen-bond donors (Lipinski definition) is 3. The number of anilines is 3. The van der Waals surface area contributed by atoms with Crippen molar-refractivity contribution in [2.45, 2.75) is 38.6 Å². The number of sulfone groups is 1. The summed E-state index contributed by atoms with van der Waals surface area (Å²) < 4.78 is 29.1. The Hall–Kier alpha value is -3.18. The predicted molar refractivity (Wildman–Crippen MR) is 141 cm³/mol. The molecule has 190 valence electrons. The third-order valence-electron chi connectivity index (χ3n) is 7.45. The van der Waals surface area contributed by atoms with Gasteiger partial charge in [0.1, 0.15) is 15.4 Å². The summed E-state index contributed by atoms with van der Waals surface area (Å²) in [6.07, 6.45) is 5.19. The number of hydrogen-bond acceptors (Lipinski definition) is 9. The van der Waals surface area contributed by atoms with Gasteiger partial charge in [0, 0.05) is 42.0 Å². The molecule has 0 aliphatic carbocycles. The fraction of sp³-hybridized carbons (Fsp3) is 0.480. The number of piperidine rings is 1. The lowest BCUT2D eigenvalue weighted by molar-refractivity contribution is 0.350. The molecule has 2 saturated heterocycles. The zero-order valence-electron chi connectivity index (χ0n) is 20.3. The fourth-order valence-electron chi connectivity index (χ4n) is 5.25. The highest BCUT2D eigenvalue weighted by Crippen LogP contribution is 2.31. The summed E-state index contributed by atoms with van der Waals surface area (Å²) in [5.41, 5.74) is 4.30. The Bertz CT molecular complexity index is 1470. The Morgan fingerprint density at radius 1 is 1.08 bits per heavy atom. The van der Waals surface area contributed by atoms with Crippen molar-refractivity contribution in [3.05, 3.63) is 36.2 Å². The first-order valence-electron chi connectivity index (χ1n) is 12.6. The number of H-pyrrole nitrogens is 1. The van der Waals surface area contributed by atoms with E-state index in [0.717, 1.165) is 78.9 Å². The normalized spacial score (nSPS) is 19.3. The number of benzene rings is 1. The maximum absolute atomic E-state index is 11.7. The Morgan fingerprint density at radius 2 is 1.89 bits per heavy atom. The molecular formula is C25H31N7O3S. The standard InChI is InChI=1S/C25H31N7O3S/c1-16-20-3-2-19(14-22(20)31-30-16)27-25-28-21-6-11-35-23(21)24(29-25)32-9-4-17(5-10-32)15-26-18-7-12-36(33,34)13-8-18/h2-3,6,11,14,17-18,26H,4-5,7-10,12-13,15H2,1H3,(H,30,31)(H,27,28,29). The summed E-state index contributed by atoms with van der Waals surface area (Å²) in [4.78, 5) is 11.8. The second-order valence-corrected chi connectivity index (χ2v) is 12.3. The highest BCUT2D eigenvalue weighted by Gasteiger charge is 2.27. The van der Waals surface area contributed by atoms with Crippen molar-refractivity contribution in [1.82, 2.24) is 25.5 Å². The molecule has 0 amide bonds. The van der Waals surface area contributed by atoms with E-state index >= 15 is 0 Å². The predicted octanol–water partition coefficient (Wildman–Crippen LogP) is 3.53. The van der Waals surface area contributed by atoms with E-state index in [9.17, 15) is 8.42 Å². The average Bonchev–Trinajstić information content (AvgIpc) is 3.50. The SMILES string of the molecule is Cc1[nH]nc2cc(Nc3nc(N4CCC(CNC5CCS(=O)(=O)CC5)CC4)c4occc4n3)ccc12. The largest absolute Gasteiger partial charge is 0.459 e. The van der Waals surface area contributed by atoms with Crippen LogP contribution in [-0.2, 0) is 9.84 Å². The smallest absolute Gasteiger partial charge is 0.229 e. The molecule has 5 heterocycles. The molecule has 36 heavy (non-hydrogen) atoms. The Morgan fingerprint density at radius 3 is 2.69 bits per heavy atom. The van der Waals surface area contributed by atoms with Gasteiger partial charge in [-0.15, -0.1) is 0 Å². The van der Waals surface area contributed by atoms with E-state index in [1.165, 1.54) is 0 Å². The van der Waals surface area contributed by atoms with Crippen molar-refractivity contribution in [1.29, 1.82) is 0 Å². The molecule has 4 aromatic rings. The molecule has 0 radical (unpaired) electrons. The second kappa shape index (κ2) is 9.36. The van der Waals surface area contributed by atoms with Crippen molar-refractivity contribution < 1.29 is 12.8 Å². The summed E-state index contributed by atoms with van der Waals surface area (Å²) in [5.74, 6) is 2.52. The van der Waals surface area contributed by atoms with Gasteiger partial charge in [0.15, 0.2) is 11.4 Å². The molecule has 11 heteroatoms. The molecule has 3 aromatic heterocycles. The van der Waals surface area contributed by atoms with E-state index < -0.39 is 9.84 Å². The molecule has 0 bridgehead atoms. The van der Waals surface area contributed by atoms with Crippen molar-refractivity contribution in [2.75, 3.05) is 41.4 Å². The number of furan rings is 1. The highest BCUT2D eigenvalue weighted by molar-refractivity contribution is 7.91. The third kappa shape index (κ3) is 4.77. The Labute approximate surface area is 209 Å². The van der Waals surface area contributed by atoms with Crippen LogP contribution in [0.1, 0.15) is 31.4 Å². The van der Waals surface area contributed by atoms with Crippen LogP contribution in [0.25, 0.3) is 22.0 Å². The third-order valence-corrected chi connectivity index (χ3v) is 9.17. The van der Waals surface area contributed by atoms with Gasteiger partial charge in [-0.1, -0.05) is 0 Å². The molecule has 2 fully saturated rings. The minimum atomic E-state index is -2.82.